The van der Waals surface area contributed by atoms with Gasteiger partial charge in [-0.05, 0) is 0 Å². The van der Waals surface area contributed by atoms with E-state index in [1.807, 2.05) is 16.7 Å². The van der Waals surface area contributed by atoms with Gasteiger partial charge in [0, 0.05) is 30.3 Å². The van der Waals surface area contributed by atoms with Gasteiger partial charge in [0.2, 0.25) is 5.91 Å². The number of amides is 1. The lowest BCUT2D eigenvalue weighted by molar-refractivity contribution is -0.130. The van der Waals surface area contributed by atoms with Crippen molar-refractivity contribution < 1.29 is 4.79 Å². The van der Waals surface area contributed by atoms with Crippen molar-refractivity contribution in [2.24, 2.45) is 0 Å². The Labute approximate surface area is 79.8 Å². The van der Waals surface area contributed by atoms with Gasteiger partial charge in [0.15, 0.2) is 0 Å². The summed E-state index contributed by atoms with van der Waals surface area (Å²) in [7, 11) is 0. The summed E-state index contributed by atoms with van der Waals surface area (Å²) in [6.45, 7) is 2.56. The Kier molecular flexibility index (Phi) is 3.72. The van der Waals surface area contributed by atoms with Crippen LogP contribution in [0.25, 0.3) is 0 Å². The normalized spacial score (nSPS) is 25.3. The van der Waals surface area contributed by atoms with Crippen molar-refractivity contribution in [1.82, 2.24) is 4.90 Å². The second-order valence-corrected chi connectivity index (χ2v) is 4.39. The van der Waals surface area contributed by atoms with Gasteiger partial charge in [-0.25, -0.2) is 0 Å². The zero-order valence-corrected chi connectivity index (χ0v) is 8.95. The Hall–Kier alpha value is 0.300. The summed E-state index contributed by atoms with van der Waals surface area (Å²) in [4.78, 5) is 13.0. The number of carbonyl (C=O) groups excluding carboxylic acids is 1. The van der Waals surface area contributed by atoms with Crippen molar-refractivity contribution in [2.75, 3.05) is 23.4 Å². The van der Waals surface area contributed by atoms with E-state index in [-0.39, 0.29) is 5.91 Å². The first-order valence-electron chi connectivity index (χ1n) is 3.66. The average molecular weight is 238 g/mol. The van der Waals surface area contributed by atoms with Gasteiger partial charge in [-0.15, -0.1) is 0 Å². The van der Waals surface area contributed by atoms with Gasteiger partial charge < -0.3 is 4.90 Å². The number of nitrogens with zero attached hydrogens (tertiary/aromatic N) is 1. The van der Waals surface area contributed by atoms with Gasteiger partial charge in [0.05, 0.1) is 6.04 Å². The fourth-order valence-corrected chi connectivity index (χ4v) is 3.14. The maximum absolute atomic E-state index is 11.1. The highest BCUT2D eigenvalue weighted by Crippen LogP contribution is 2.17. The second-order valence-electron chi connectivity index (χ2n) is 2.60. The van der Waals surface area contributed by atoms with Crippen LogP contribution in [0.15, 0.2) is 0 Å². The zero-order chi connectivity index (χ0) is 8.27. The molecule has 0 aromatic heterocycles. The highest BCUT2D eigenvalue weighted by atomic mass is 79.9. The van der Waals surface area contributed by atoms with Crippen LogP contribution in [0, 0.1) is 0 Å². The Balaban J connectivity index is 2.51. The van der Waals surface area contributed by atoms with Gasteiger partial charge in [-0.2, -0.15) is 11.8 Å². The van der Waals surface area contributed by atoms with Crippen LogP contribution in [0.1, 0.15) is 6.92 Å². The van der Waals surface area contributed by atoms with Crippen LogP contribution in [0.5, 0.6) is 0 Å². The Morgan fingerprint density at radius 1 is 1.82 bits per heavy atom. The lowest BCUT2D eigenvalue weighted by Gasteiger charge is -2.33. The monoisotopic (exact) mass is 237 g/mol. The number of carbonyl (C=O) groups is 1. The number of halogens is 1. The summed E-state index contributed by atoms with van der Waals surface area (Å²) >= 11 is 5.34. The molecule has 1 amide bonds. The fraction of sp³-hybridized carbons (Fsp3) is 0.857. The molecule has 4 heteroatoms. The third-order valence-electron chi connectivity index (χ3n) is 1.81. The summed E-state index contributed by atoms with van der Waals surface area (Å²) in [5, 5.41) is 0.902. The molecule has 64 valence electrons. The van der Waals surface area contributed by atoms with Crippen LogP contribution >= 0.6 is 27.7 Å². The first kappa shape index (κ1) is 9.39. The number of thioether (sulfide) groups is 1. The highest BCUT2D eigenvalue weighted by Gasteiger charge is 2.23. The van der Waals surface area contributed by atoms with Gasteiger partial charge in [-0.1, -0.05) is 15.9 Å². The zero-order valence-electron chi connectivity index (χ0n) is 6.55. The van der Waals surface area contributed by atoms with Crippen LogP contribution in [0.2, 0.25) is 0 Å². The molecule has 1 fully saturated rings. The van der Waals surface area contributed by atoms with Crippen molar-refractivity contribution in [2.45, 2.75) is 13.0 Å². The number of rotatable bonds is 1. The molecule has 0 radical (unpaired) electrons. The number of hydrogen-bond acceptors (Lipinski definition) is 2. The molecule has 0 aromatic carbocycles. The summed E-state index contributed by atoms with van der Waals surface area (Å²) in [6, 6.07) is 0.409. The molecule has 1 unspecified atom stereocenters. The first-order valence-corrected chi connectivity index (χ1v) is 5.94. The molecule has 1 rings (SSSR count). The fourth-order valence-electron chi connectivity index (χ4n) is 1.20. The van der Waals surface area contributed by atoms with E-state index in [2.05, 4.69) is 15.9 Å². The van der Waals surface area contributed by atoms with E-state index in [1.54, 1.807) is 6.92 Å². The molecular formula is C7H12BrNOS. The van der Waals surface area contributed by atoms with Gasteiger partial charge in [0.1, 0.15) is 0 Å². The molecule has 1 aliphatic heterocycles. The van der Waals surface area contributed by atoms with Crippen molar-refractivity contribution in [3.63, 3.8) is 0 Å². The van der Waals surface area contributed by atoms with Gasteiger partial charge in [-0.3, -0.25) is 4.79 Å². The lowest BCUT2D eigenvalue weighted by Crippen LogP contribution is -2.45. The molecule has 0 aromatic rings. The van der Waals surface area contributed by atoms with Crippen molar-refractivity contribution in [3.8, 4) is 0 Å². The Bertz CT molecular complexity index is 153. The van der Waals surface area contributed by atoms with Gasteiger partial charge >= 0.3 is 0 Å². The van der Waals surface area contributed by atoms with E-state index < -0.39 is 0 Å². The molecule has 1 aliphatic rings. The second kappa shape index (κ2) is 4.36. The predicted octanol–water partition coefficient (Wildman–Crippen LogP) is 1.35. The SMILES string of the molecule is CC(=O)N1CCSCC1CBr. The molecule has 0 N–H and O–H groups in total. The molecule has 11 heavy (non-hydrogen) atoms. The molecule has 1 heterocycles. The summed E-state index contributed by atoms with van der Waals surface area (Å²) in [6.07, 6.45) is 0. The van der Waals surface area contributed by atoms with Crippen molar-refractivity contribution >= 4 is 33.6 Å². The molecule has 1 saturated heterocycles. The lowest BCUT2D eigenvalue weighted by atomic mass is 10.3. The van der Waals surface area contributed by atoms with Crippen LogP contribution < -0.4 is 0 Å². The van der Waals surface area contributed by atoms with E-state index in [0.717, 1.165) is 23.4 Å². The van der Waals surface area contributed by atoms with Crippen molar-refractivity contribution in [1.29, 1.82) is 0 Å². The van der Waals surface area contributed by atoms with E-state index in [9.17, 15) is 4.79 Å². The largest absolute Gasteiger partial charge is 0.337 e. The number of hydrogen-bond donors (Lipinski definition) is 0. The summed E-state index contributed by atoms with van der Waals surface area (Å²) in [5.74, 6) is 2.36. The topological polar surface area (TPSA) is 20.3 Å². The quantitative estimate of drug-likeness (QED) is 0.642. The third kappa shape index (κ3) is 2.37. The minimum absolute atomic E-state index is 0.203. The predicted molar refractivity (Wildman–Crippen MR) is 52.3 cm³/mol. The average Bonchev–Trinajstić information content (AvgIpc) is 2.04. The molecule has 0 bridgehead atoms. The van der Waals surface area contributed by atoms with E-state index in [1.165, 1.54) is 0 Å². The van der Waals surface area contributed by atoms with E-state index in [4.69, 9.17) is 0 Å². The maximum atomic E-state index is 11.1. The maximum Gasteiger partial charge on any atom is 0.219 e. The standard InChI is InChI=1S/C7H12BrNOS/c1-6(10)9-2-3-11-5-7(9)4-8/h7H,2-5H2,1H3. The molecule has 0 spiro atoms. The Morgan fingerprint density at radius 2 is 2.55 bits per heavy atom. The smallest absolute Gasteiger partial charge is 0.219 e. The first-order chi connectivity index (χ1) is 5.25. The van der Waals surface area contributed by atoms with Crippen molar-refractivity contribution in [3.05, 3.63) is 0 Å². The molecule has 1 atom stereocenters. The minimum atomic E-state index is 0.203. The highest BCUT2D eigenvalue weighted by molar-refractivity contribution is 9.09. The molecular weight excluding hydrogens is 226 g/mol. The molecule has 0 aliphatic carbocycles. The summed E-state index contributed by atoms with van der Waals surface area (Å²) < 4.78 is 0. The van der Waals surface area contributed by atoms with Crippen LogP contribution in [0.4, 0.5) is 0 Å². The van der Waals surface area contributed by atoms with Crippen LogP contribution in [-0.4, -0.2) is 40.2 Å². The summed E-state index contributed by atoms with van der Waals surface area (Å²) in [5.41, 5.74) is 0. The molecule has 2 nitrogen and oxygen atoms in total. The number of alkyl halides is 1. The van der Waals surface area contributed by atoms with Gasteiger partial charge in [0.25, 0.3) is 0 Å². The Morgan fingerprint density at radius 3 is 3.00 bits per heavy atom. The van der Waals surface area contributed by atoms with Crippen LogP contribution in [-0.2, 0) is 4.79 Å². The molecule has 0 saturated carbocycles. The minimum Gasteiger partial charge on any atom is -0.337 e. The van der Waals surface area contributed by atoms with E-state index in [0.29, 0.717) is 6.04 Å². The van der Waals surface area contributed by atoms with Crippen LogP contribution in [0.3, 0.4) is 0 Å². The third-order valence-corrected chi connectivity index (χ3v) is 3.65. The van der Waals surface area contributed by atoms with E-state index >= 15 is 0 Å².